The Labute approximate surface area is 205 Å². The second kappa shape index (κ2) is 9.16. The van der Waals surface area contributed by atoms with Crippen LogP contribution < -0.4 is 4.74 Å². The van der Waals surface area contributed by atoms with Gasteiger partial charge in [-0.05, 0) is 73.0 Å². The van der Waals surface area contributed by atoms with E-state index in [1.165, 1.54) is 11.8 Å². The van der Waals surface area contributed by atoms with Crippen LogP contribution in [0.4, 0.5) is 0 Å². The first kappa shape index (κ1) is 17.6. The molecule has 0 saturated carbocycles. The lowest BCUT2D eigenvalue weighted by Gasteiger charge is -2.38. The Kier molecular flexibility index (Phi) is 4.88. The number of ether oxygens (including phenoxy) is 1. The summed E-state index contributed by atoms with van der Waals surface area (Å²) in [7, 11) is 0. The SMILES string of the molecule is [2H]C([2H])([2H])CCN1CC([2H])(Sc2ccc(C3Oc4cc(O)ccc4C(C)=C3c3ccc(O)cc3)cc2)C1. The predicted octanol–water partition coefficient (Wildman–Crippen LogP) is 6.35. The van der Waals surface area contributed by atoms with Crippen LogP contribution in [0.25, 0.3) is 11.1 Å². The van der Waals surface area contributed by atoms with Gasteiger partial charge in [-0.3, -0.25) is 0 Å². The number of phenols is 2. The lowest BCUT2D eigenvalue weighted by atomic mass is 9.86. The van der Waals surface area contributed by atoms with E-state index >= 15 is 0 Å². The van der Waals surface area contributed by atoms with Gasteiger partial charge in [0.2, 0.25) is 0 Å². The van der Waals surface area contributed by atoms with E-state index in [2.05, 4.69) is 0 Å². The van der Waals surface area contributed by atoms with E-state index in [4.69, 9.17) is 10.2 Å². The van der Waals surface area contributed by atoms with Gasteiger partial charge in [0.1, 0.15) is 23.4 Å². The zero-order chi connectivity index (χ0) is 26.4. The molecule has 1 fully saturated rings. The summed E-state index contributed by atoms with van der Waals surface area (Å²) in [5.41, 5.74) is 4.81. The molecule has 1 saturated heterocycles. The van der Waals surface area contributed by atoms with Crippen LogP contribution in [0, 0.1) is 0 Å². The Morgan fingerprint density at radius 2 is 1.76 bits per heavy atom. The van der Waals surface area contributed by atoms with Gasteiger partial charge in [-0.1, -0.05) is 31.1 Å². The molecule has 0 bridgehead atoms. The lowest BCUT2D eigenvalue weighted by Crippen LogP contribution is -2.48. The van der Waals surface area contributed by atoms with Crippen LogP contribution >= 0.6 is 11.8 Å². The molecular weight excluding hydrogens is 430 g/mol. The van der Waals surface area contributed by atoms with Gasteiger partial charge < -0.3 is 19.8 Å². The second-order valence-electron chi connectivity index (χ2n) is 8.43. The number of rotatable bonds is 6. The van der Waals surface area contributed by atoms with Crippen molar-refractivity contribution in [1.82, 2.24) is 4.90 Å². The summed E-state index contributed by atoms with van der Waals surface area (Å²) in [5, 5.41) is 19.1. The Morgan fingerprint density at radius 3 is 2.48 bits per heavy atom. The maximum atomic E-state index is 10.0. The number of benzene rings is 3. The van der Waals surface area contributed by atoms with Crippen molar-refractivity contribution in [2.24, 2.45) is 0 Å². The molecule has 5 rings (SSSR count). The molecule has 2 aliphatic rings. The van der Waals surface area contributed by atoms with E-state index in [1.807, 2.05) is 54.3 Å². The molecule has 170 valence electrons. The average Bonchev–Trinajstić information content (AvgIpc) is 2.82. The zero-order valence-electron chi connectivity index (χ0n) is 22.4. The van der Waals surface area contributed by atoms with Gasteiger partial charge in [0.15, 0.2) is 0 Å². The third kappa shape index (κ3) is 4.48. The number of fused-ring (bicyclic) bond motifs is 1. The Morgan fingerprint density at radius 1 is 1.03 bits per heavy atom. The molecule has 0 spiro atoms. The maximum Gasteiger partial charge on any atom is 0.150 e. The van der Waals surface area contributed by atoms with Gasteiger partial charge in [0.25, 0.3) is 0 Å². The number of nitrogens with zero attached hydrogens (tertiary/aromatic N) is 1. The van der Waals surface area contributed by atoms with Gasteiger partial charge in [-0.25, -0.2) is 0 Å². The zero-order valence-corrected chi connectivity index (χ0v) is 19.2. The van der Waals surface area contributed by atoms with Gasteiger partial charge >= 0.3 is 0 Å². The molecule has 2 heterocycles. The van der Waals surface area contributed by atoms with Crippen LogP contribution in [-0.4, -0.2) is 40.0 Å². The van der Waals surface area contributed by atoms with E-state index in [1.54, 1.807) is 24.3 Å². The van der Waals surface area contributed by atoms with Crippen molar-refractivity contribution in [1.29, 1.82) is 0 Å². The minimum Gasteiger partial charge on any atom is -0.508 e. The normalized spacial score (nSPS) is 21.7. The molecule has 0 aromatic heterocycles. The number of thioether (sulfide) groups is 1. The lowest BCUT2D eigenvalue weighted by molar-refractivity contribution is 0.191. The quantitative estimate of drug-likeness (QED) is 0.446. The molecule has 1 unspecified atom stereocenters. The third-order valence-electron chi connectivity index (χ3n) is 6.13. The van der Waals surface area contributed by atoms with Crippen molar-refractivity contribution in [3.63, 3.8) is 0 Å². The standard InChI is InChI=1S/C28H29NO3S/c1-3-14-29-16-24(17-29)33-23-11-6-20(7-12-23)28-27(19-4-8-21(30)9-5-19)18(2)25-13-10-22(31)15-26(25)32-28/h4-13,15,24,28,30-31H,3,14,16-17H2,1-2H3/i1D3,24D. The number of hydrogen-bond acceptors (Lipinski definition) is 5. The minimum atomic E-state index is -1.94. The fourth-order valence-corrected chi connectivity index (χ4v) is 5.50. The molecule has 0 radical (unpaired) electrons. The molecule has 2 N–H and O–H groups in total. The van der Waals surface area contributed by atoms with Crippen LogP contribution in [0.15, 0.2) is 71.6 Å². The highest BCUT2D eigenvalue weighted by atomic mass is 32.2. The van der Waals surface area contributed by atoms with Crippen LogP contribution in [0.3, 0.4) is 0 Å². The topological polar surface area (TPSA) is 52.9 Å². The van der Waals surface area contributed by atoms with Crippen LogP contribution in [0.5, 0.6) is 17.2 Å². The van der Waals surface area contributed by atoms with Crippen molar-refractivity contribution in [2.75, 3.05) is 19.6 Å². The summed E-state index contributed by atoms with van der Waals surface area (Å²) in [4.78, 5) is 2.98. The minimum absolute atomic E-state index is 0.138. The largest absolute Gasteiger partial charge is 0.508 e. The summed E-state index contributed by atoms with van der Waals surface area (Å²) in [5.74, 6) is 0.943. The highest BCUT2D eigenvalue weighted by Crippen LogP contribution is 2.47. The fourth-order valence-electron chi connectivity index (χ4n) is 4.40. The predicted molar refractivity (Wildman–Crippen MR) is 135 cm³/mol. The Hall–Kier alpha value is -2.89. The number of phenolic OH excluding ortho intramolecular Hbond substituents is 2. The van der Waals surface area contributed by atoms with E-state index in [-0.39, 0.29) is 17.9 Å². The highest BCUT2D eigenvalue weighted by molar-refractivity contribution is 8.00. The number of allylic oxidation sites excluding steroid dienone is 1. The summed E-state index contributed by atoms with van der Waals surface area (Å²) >= 11 is 1.49. The number of hydrogen-bond donors (Lipinski definition) is 2. The van der Waals surface area contributed by atoms with Crippen molar-refractivity contribution < 1.29 is 20.4 Å². The molecule has 3 aromatic rings. The van der Waals surface area contributed by atoms with Gasteiger partial charge in [-0.2, -0.15) is 0 Å². The Balaban J connectivity index is 1.37. The summed E-state index contributed by atoms with van der Waals surface area (Å²) in [6.45, 7) is 1.66. The van der Waals surface area contributed by atoms with Gasteiger partial charge in [0, 0.05) is 45.9 Å². The van der Waals surface area contributed by atoms with Crippen molar-refractivity contribution in [3.8, 4) is 17.2 Å². The molecule has 4 nitrogen and oxygen atoms in total. The smallest absolute Gasteiger partial charge is 0.150 e. The van der Waals surface area contributed by atoms with E-state index < -0.39 is 18.2 Å². The van der Waals surface area contributed by atoms with Crippen molar-refractivity contribution in [3.05, 3.63) is 83.4 Å². The second-order valence-corrected chi connectivity index (χ2v) is 9.69. The average molecular weight is 464 g/mol. The molecule has 5 heteroatoms. The molecule has 2 aliphatic heterocycles. The molecule has 0 aliphatic carbocycles. The van der Waals surface area contributed by atoms with Gasteiger partial charge in [-0.15, -0.1) is 11.8 Å². The molecule has 0 amide bonds. The highest BCUT2D eigenvalue weighted by Gasteiger charge is 2.30. The van der Waals surface area contributed by atoms with E-state index in [9.17, 15) is 10.2 Å². The fraction of sp³-hybridized carbons (Fsp3) is 0.286. The molecule has 3 aromatic carbocycles. The summed E-state index contributed by atoms with van der Waals surface area (Å²) < 4.78 is 37.2. The molecule has 1 atom stereocenters. The Bertz CT molecular complexity index is 1320. The van der Waals surface area contributed by atoms with E-state index in [0.29, 0.717) is 25.4 Å². The molecule has 33 heavy (non-hydrogen) atoms. The third-order valence-corrected chi connectivity index (χ3v) is 7.19. The van der Waals surface area contributed by atoms with Crippen molar-refractivity contribution >= 4 is 22.9 Å². The van der Waals surface area contributed by atoms with Crippen LogP contribution in [0.1, 0.15) is 48.5 Å². The van der Waals surface area contributed by atoms with Crippen LogP contribution in [0.2, 0.25) is 0 Å². The summed E-state index contributed by atoms with van der Waals surface area (Å²) in [6.07, 6.45) is -0.275. The maximum absolute atomic E-state index is 10.0. The number of aromatic hydroxyl groups is 2. The van der Waals surface area contributed by atoms with E-state index in [0.717, 1.165) is 32.7 Å². The monoisotopic (exact) mass is 463 g/mol. The first-order valence-electron chi connectivity index (χ1n) is 13.0. The summed E-state index contributed by atoms with van der Waals surface area (Å²) in [6, 6.07) is 20.2. The first-order valence-corrected chi connectivity index (χ1v) is 11.8. The van der Waals surface area contributed by atoms with Crippen molar-refractivity contribution in [2.45, 2.75) is 36.4 Å². The molecular formula is C28H29NO3S. The first-order chi connectivity index (χ1) is 17.5. The van der Waals surface area contributed by atoms with Crippen LogP contribution in [-0.2, 0) is 0 Å². The van der Waals surface area contributed by atoms with Gasteiger partial charge in [0.05, 0.1) is 0 Å². The number of likely N-dealkylation sites (tertiary alicyclic amines) is 1.